The zero-order valence-corrected chi connectivity index (χ0v) is 12.3. The monoisotopic (exact) mass is 299 g/mol. The van der Waals surface area contributed by atoms with Gasteiger partial charge in [-0.15, -0.1) is 0 Å². The molecule has 3 aromatic rings. The third kappa shape index (κ3) is 2.52. The van der Waals surface area contributed by atoms with Gasteiger partial charge in [-0.1, -0.05) is 41.9 Å². The molecule has 0 radical (unpaired) electrons. The van der Waals surface area contributed by atoms with E-state index in [4.69, 9.17) is 16.3 Å². The molecule has 0 aliphatic rings. The number of aromatic nitrogens is 1. The summed E-state index contributed by atoms with van der Waals surface area (Å²) >= 11 is 6.20. The average Bonchev–Trinajstić information content (AvgIpc) is 2.84. The molecule has 106 valence electrons. The predicted octanol–water partition coefficient (Wildman–Crippen LogP) is 4.16. The van der Waals surface area contributed by atoms with Crippen molar-refractivity contribution >= 4 is 28.8 Å². The standard InChI is InChI=1S/C17H14ClNO2/c1-21-17-7-14-13(11-20)10-19(16(14)8-15(17)18)9-12-5-3-2-4-6-12/h2-8,10-11H,9H2,1H3. The molecule has 0 aliphatic carbocycles. The SMILES string of the molecule is COc1cc2c(C=O)cn(Cc3ccccc3)c2cc1Cl. The number of benzene rings is 2. The summed E-state index contributed by atoms with van der Waals surface area (Å²) in [5, 5.41) is 1.39. The molecule has 3 rings (SSSR count). The molecule has 1 heterocycles. The summed E-state index contributed by atoms with van der Waals surface area (Å²) in [6, 6.07) is 13.7. The summed E-state index contributed by atoms with van der Waals surface area (Å²) in [6.45, 7) is 0.688. The first-order chi connectivity index (χ1) is 10.2. The second-order valence-electron chi connectivity index (χ2n) is 4.82. The number of carbonyl (C=O) groups excluding carboxylic acids is 1. The van der Waals surface area contributed by atoms with Crippen molar-refractivity contribution in [3.8, 4) is 5.75 Å². The lowest BCUT2D eigenvalue weighted by Crippen LogP contribution is -1.97. The molecule has 3 nitrogen and oxygen atoms in total. The molecule has 0 N–H and O–H groups in total. The maximum atomic E-state index is 11.3. The minimum absolute atomic E-state index is 0.537. The lowest BCUT2D eigenvalue weighted by molar-refractivity contribution is 0.112. The van der Waals surface area contributed by atoms with Crippen molar-refractivity contribution in [3.05, 3.63) is 64.8 Å². The fraction of sp³-hybridized carbons (Fsp3) is 0.118. The van der Waals surface area contributed by atoms with Crippen LogP contribution in [0.1, 0.15) is 15.9 Å². The molecule has 21 heavy (non-hydrogen) atoms. The van der Waals surface area contributed by atoms with E-state index in [9.17, 15) is 4.79 Å². The van der Waals surface area contributed by atoms with E-state index in [0.29, 0.717) is 22.9 Å². The van der Waals surface area contributed by atoms with Crippen LogP contribution >= 0.6 is 11.6 Å². The van der Waals surface area contributed by atoms with Crippen molar-refractivity contribution in [2.24, 2.45) is 0 Å². The Morgan fingerprint density at radius 1 is 1.24 bits per heavy atom. The first-order valence-electron chi connectivity index (χ1n) is 6.58. The molecule has 1 aromatic heterocycles. The maximum absolute atomic E-state index is 11.3. The number of rotatable bonds is 4. The molecule has 0 amide bonds. The Morgan fingerprint density at radius 3 is 2.67 bits per heavy atom. The van der Waals surface area contributed by atoms with Crippen LogP contribution in [-0.2, 0) is 6.54 Å². The topological polar surface area (TPSA) is 31.2 Å². The van der Waals surface area contributed by atoms with Gasteiger partial charge >= 0.3 is 0 Å². The number of hydrogen-bond donors (Lipinski definition) is 0. The van der Waals surface area contributed by atoms with Gasteiger partial charge in [-0.05, 0) is 17.7 Å². The van der Waals surface area contributed by atoms with Gasteiger partial charge in [-0.3, -0.25) is 4.79 Å². The molecule has 0 bridgehead atoms. The maximum Gasteiger partial charge on any atom is 0.152 e. The highest BCUT2D eigenvalue weighted by Gasteiger charge is 2.12. The van der Waals surface area contributed by atoms with Gasteiger partial charge in [-0.25, -0.2) is 0 Å². The minimum atomic E-state index is 0.537. The molecule has 0 spiro atoms. The molecule has 0 saturated carbocycles. The Kier molecular flexibility index (Phi) is 3.67. The molecular weight excluding hydrogens is 286 g/mol. The summed E-state index contributed by atoms with van der Waals surface area (Å²) in [7, 11) is 1.56. The van der Waals surface area contributed by atoms with E-state index < -0.39 is 0 Å². The lowest BCUT2D eigenvalue weighted by Gasteiger charge is -2.07. The zero-order valence-electron chi connectivity index (χ0n) is 11.5. The number of halogens is 1. The lowest BCUT2D eigenvalue weighted by atomic mass is 10.2. The fourth-order valence-electron chi connectivity index (χ4n) is 2.48. The van der Waals surface area contributed by atoms with Crippen molar-refractivity contribution in [2.45, 2.75) is 6.54 Å². The Balaban J connectivity index is 2.15. The number of hydrogen-bond acceptors (Lipinski definition) is 2. The van der Waals surface area contributed by atoms with Gasteiger partial charge in [0.05, 0.1) is 17.6 Å². The highest BCUT2D eigenvalue weighted by molar-refractivity contribution is 6.33. The van der Waals surface area contributed by atoms with E-state index in [2.05, 4.69) is 12.1 Å². The first kappa shape index (κ1) is 13.7. The normalized spacial score (nSPS) is 10.8. The largest absolute Gasteiger partial charge is 0.495 e. The third-order valence-electron chi connectivity index (χ3n) is 3.51. The van der Waals surface area contributed by atoms with E-state index in [0.717, 1.165) is 17.2 Å². The third-order valence-corrected chi connectivity index (χ3v) is 3.80. The molecule has 0 atom stereocenters. The Morgan fingerprint density at radius 2 is 2.00 bits per heavy atom. The van der Waals surface area contributed by atoms with Gasteiger partial charge in [0.25, 0.3) is 0 Å². The molecular formula is C17H14ClNO2. The van der Waals surface area contributed by atoms with Crippen LogP contribution in [0.15, 0.2) is 48.7 Å². The molecule has 0 saturated heterocycles. The van der Waals surface area contributed by atoms with Gasteiger partial charge in [0.2, 0.25) is 0 Å². The number of nitrogens with zero attached hydrogens (tertiary/aromatic N) is 1. The number of carbonyl (C=O) groups is 1. The van der Waals surface area contributed by atoms with E-state index >= 15 is 0 Å². The second kappa shape index (κ2) is 5.62. The number of fused-ring (bicyclic) bond motifs is 1. The Labute approximate surface area is 127 Å². The highest BCUT2D eigenvalue weighted by Crippen LogP contribution is 2.32. The number of methoxy groups -OCH3 is 1. The summed E-state index contributed by atoms with van der Waals surface area (Å²) < 4.78 is 7.25. The molecule has 0 unspecified atom stereocenters. The van der Waals surface area contributed by atoms with E-state index in [-0.39, 0.29) is 0 Å². The van der Waals surface area contributed by atoms with Gasteiger partial charge in [0, 0.05) is 23.7 Å². The van der Waals surface area contributed by atoms with Gasteiger partial charge in [-0.2, -0.15) is 0 Å². The molecule has 0 fully saturated rings. The molecule has 4 heteroatoms. The molecule has 2 aromatic carbocycles. The van der Waals surface area contributed by atoms with Gasteiger partial charge < -0.3 is 9.30 Å². The predicted molar refractivity (Wildman–Crippen MR) is 84.4 cm³/mol. The highest BCUT2D eigenvalue weighted by atomic mass is 35.5. The first-order valence-corrected chi connectivity index (χ1v) is 6.96. The summed E-state index contributed by atoms with van der Waals surface area (Å²) in [5.41, 5.74) is 2.72. The van der Waals surface area contributed by atoms with Crippen LogP contribution in [0, 0.1) is 0 Å². The second-order valence-corrected chi connectivity index (χ2v) is 5.23. The zero-order chi connectivity index (χ0) is 14.8. The smallest absolute Gasteiger partial charge is 0.152 e. The quantitative estimate of drug-likeness (QED) is 0.677. The summed E-state index contributed by atoms with van der Waals surface area (Å²) in [5.74, 6) is 0.574. The average molecular weight is 300 g/mol. The minimum Gasteiger partial charge on any atom is -0.495 e. The molecule has 0 aliphatic heterocycles. The van der Waals surface area contributed by atoms with Crippen molar-refractivity contribution in [1.29, 1.82) is 0 Å². The van der Waals surface area contributed by atoms with Crippen molar-refractivity contribution < 1.29 is 9.53 Å². The van der Waals surface area contributed by atoms with Crippen LogP contribution in [0.3, 0.4) is 0 Å². The van der Waals surface area contributed by atoms with Gasteiger partial charge in [0.15, 0.2) is 6.29 Å². The van der Waals surface area contributed by atoms with Crippen molar-refractivity contribution in [1.82, 2.24) is 4.57 Å². The van der Waals surface area contributed by atoms with Crippen molar-refractivity contribution in [3.63, 3.8) is 0 Å². The van der Waals surface area contributed by atoms with Gasteiger partial charge in [0.1, 0.15) is 5.75 Å². The van der Waals surface area contributed by atoms with E-state index in [1.165, 1.54) is 5.56 Å². The fourth-order valence-corrected chi connectivity index (χ4v) is 2.72. The van der Waals surface area contributed by atoms with Crippen LogP contribution in [0.4, 0.5) is 0 Å². The Bertz CT molecular complexity index is 793. The summed E-state index contributed by atoms with van der Waals surface area (Å²) in [6.07, 6.45) is 2.71. The van der Waals surface area contributed by atoms with Crippen LogP contribution in [0.5, 0.6) is 5.75 Å². The van der Waals surface area contributed by atoms with Crippen LogP contribution < -0.4 is 4.74 Å². The summed E-state index contributed by atoms with van der Waals surface area (Å²) in [4.78, 5) is 11.3. The van der Waals surface area contributed by atoms with Crippen LogP contribution in [0.2, 0.25) is 5.02 Å². The van der Waals surface area contributed by atoms with E-state index in [1.54, 1.807) is 7.11 Å². The van der Waals surface area contributed by atoms with Crippen molar-refractivity contribution in [2.75, 3.05) is 7.11 Å². The van der Waals surface area contributed by atoms with Crippen LogP contribution in [0.25, 0.3) is 10.9 Å². The number of aldehydes is 1. The Hall–Kier alpha value is -2.26. The van der Waals surface area contributed by atoms with E-state index in [1.807, 2.05) is 41.1 Å². The van der Waals surface area contributed by atoms with Crippen LogP contribution in [-0.4, -0.2) is 18.0 Å². The number of ether oxygens (including phenoxy) is 1.